The smallest absolute Gasteiger partial charge is 0.186 e. The van der Waals surface area contributed by atoms with Crippen LogP contribution in [0.15, 0.2) is 30.9 Å². The Morgan fingerprint density at radius 3 is 2.91 bits per heavy atom. The first-order valence-corrected chi connectivity index (χ1v) is 8.72. The van der Waals surface area contributed by atoms with E-state index in [1.165, 1.54) is 0 Å². The molecule has 0 amide bonds. The maximum atomic E-state index is 6.04. The van der Waals surface area contributed by atoms with Gasteiger partial charge in [-0.3, -0.25) is 0 Å². The van der Waals surface area contributed by atoms with Crippen molar-refractivity contribution in [3.8, 4) is 0 Å². The number of piperazine rings is 1. The van der Waals surface area contributed by atoms with Gasteiger partial charge in [-0.2, -0.15) is 0 Å². The lowest BCUT2D eigenvalue weighted by atomic mass is 10.3. The second-order valence-corrected chi connectivity index (χ2v) is 6.89. The van der Waals surface area contributed by atoms with Crippen LogP contribution in [0.2, 0.25) is 5.02 Å². The largest absolute Gasteiger partial charge is 0.359 e. The van der Waals surface area contributed by atoms with Crippen LogP contribution in [0.3, 0.4) is 0 Å². The number of benzene rings is 1. The average Bonchev–Trinajstić information content (AvgIpc) is 2.95. The Kier molecular flexibility index (Phi) is 4.81. The summed E-state index contributed by atoms with van der Waals surface area (Å²) < 4.78 is 1.13. The van der Waals surface area contributed by atoms with E-state index in [9.17, 15) is 0 Å². The SMILES string of the molecule is C=CCNC(=S)N1CCN(c2nc3ccc(Cl)cc3s2)CC1. The Morgan fingerprint density at radius 1 is 1.41 bits per heavy atom. The molecule has 1 aliphatic rings. The molecule has 0 bridgehead atoms. The minimum Gasteiger partial charge on any atom is -0.359 e. The fourth-order valence-electron chi connectivity index (χ4n) is 2.39. The molecule has 4 nitrogen and oxygen atoms in total. The summed E-state index contributed by atoms with van der Waals surface area (Å²) in [7, 11) is 0. The number of rotatable bonds is 3. The van der Waals surface area contributed by atoms with Gasteiger partial charge in [0.15, 0.2) is 10.2 Å². The number of anilines is 1. The Bertz CT molecular complexity index is 692. The summed E-state index contributed by atoms with van der Waals surface area (Å²) in [5.74, 6) is 0. The molecule has 0 aliphatic carbocycles. The molecule has 0 unspecified atom stereocenters. The first kappa shape index (κ1) is 15.5. The third-order valence-electron chi connectivity index (χ3n) is 3.57. The van der Waals surface area contributed by atoms with Crippen molar-refractivity contribution in [1.29, 1.82) is 0 Å². The molecular formula is C15H17ClN4S2. The van der Waals surface area contributed by atoms with Crippen LogP contribution >= 0.6 is 35.2 Å². The van der Waals surface area contributed by atoms with Crippen LogP contribution in [0.4, 0.5) is 5.13 Å². The molecule has 0 saturated carbocycles. The van der Waals surface area contributed by atoms with E-state index < -0.39 is 0 Å². The molecule has 2 aromatic rings. The Morgan fingerprint density at radius 2 is 2.18 bits per heavy atom. The van der Waals surface area contributed by atoms with E-state index in [-0.39, 0.29) is 0 Å². The molecule has 1 aliphatic heterocycles. The maximum Gasteiger partial charge on any atom is 0.186 e. The predicted octanol–water partition coefficient (Wildman–Crippen LogP) is 3.13. The summed E-state index contributed by atoms with van der Waals surface area (Å²) in [5, 5.41) is 5.79. The number of halogens is 1. The second-order valence-electron chi connectivity index (χ2n) is 5.06. The molecule has 1 aromatic carbocycles. The van der Waals surface area contributed by atoms with Gasteiger partial charge in [0, 0.05) is 37.7 Å². The van der Waals surface area contributed by atoms with E-state index in [0.717, 1.165) is 51.7 Å². The highest BCUT2D eigenvalue weighted by atomic mass is 35.5. The molecule has 22 heavy (non-hydrogen) atoms. The van der Waals surface area contributed by atoms with Crippen molar-refractivity contribution in [2.45, 2.75) is 0 Å². The topological polar surface area (TPSA) is 31.4 Å². The summed E-state index contributed by atoms with van der Waals surface area (Å²) in [4.78, 5) is 9.21. The highest BCUT2D eigenvalue weighted by molar-refractivity contribution is 7.80. The van der Waals surface area contributed by atoms with Gasteiger partial charge in [-0.15, -0.1) is 6.58 Å². The van der Waals surface area contributed by atoms with Gasteiger partial charge in [0.05, 0.1) is 10.2 Å². The van der Waals surface area contributed by atoms with Crippen molar-refractivity contribution in [2.75, 3.05) is 37.6 Å². The highest BCUT2D eigenvalue weighted by Crippen LogP contribution is 2.31. The molecule has 0 radical (unpaired) electrons. The number of nitrogens with zero attached hydrogens (tertiary/aromatic N) is 3. The molecule has 1 aromatic heterocycles. The van der Waals surface area contributed by atoms with Crippen molar-refractivity contribution in [1.82, 2.24) is 15.2 Å². The van der Waals surface area contributed by atoms with Crippen LogP contribution < -0.4 is 10.2 Å². The first-order valence-electron chi connectivity index (χ1n) is 7.12. The standard InChI is InChI=1S/C15H17ClN4S2/c1-2-5-17-14(21)19-6-8-20(9-7-19)15-18-12-4-3-11(16)10-13(12)22-15/h2-4,10H,1,5-9H2,(H,17,21). The van der Waals surface area contributed by atoms with Gasteiger partial charge in [0.25, 0.3) is 0 Å². The minimum absolute atomic E-state index is 0.706. The summed E-state index contributed by atoms with van der Waals surface area (Å²) >= 11 is 13.1. The molecule has 3 rings (SSSR count). The van der Waals surface area contributed by atoms with E-state index >= 15 is 0 Å². The molecule has 7 heteroatoms. The van der Waals surface area contributed by atoms with Gasteiger partial charge >= 0.3 is 0 Å². The minimum atomic E-state index is 0.706. The van der Waals surface area contributed by atoms with Crippen LogP contribution in [0.1, 0.15) is 0 Å². The van der Waals surface area contributed by atoms with E-state index in [2.05, 4.69) is 21.7 Å². The molecule has 0 atom stereocenters. The average molecular weight is 353 g/mol. The molecule has 2 heterocycles. The number of thiazole rings is 1. The van der Waals surface area contributed by atoms with E-state index in [0.29, 0.717) is 6.54 Å². The molecule has 1 N–H and O–H groups in total. The number of hydrogen-bond donors (Lipinski definition) is 1. The number of thiocarbonyl (C=S) groups is 1. The zero-order chi connectivity index (χ0) is 15.5. The summed E-state index contributed by atoms with van der Waals surface area (Å²) in [6, 6.07) is 5.83. The van der Waals surface area contributed by atoms with Crippen molar-refractivity contribution >= 4 is 55.6 Å². The third kappa shape index (κ3) is 3.34. The van der Waals surface area contributed by atoms with E-state index in [1.54, 1.807) is 11.3 Å². The van der Waals surface area contributed by atoms with Gasteiger partial charge in [0.1, 0.15) is 0 Å². The lowest BCUT2D eigenvalue weighted by Gasteiger charge is -2.36. The van der Waals surface area contributed by atoms with Crippen molar-refractivity contribution in [3.63, 3.8) is 0 Å². The van der Waals surface area contributed by atoms with E-state index in [1.807, 2.05) is 24.3 Å². The highest BCUT2D eigenvalue weighted by Gasteiger charge is 2.21. The molecule has 116 valence electrons. The Labute approximate surface area is 144 Å². The number of nitrogens with one attached hydrogen (secondary N) is 1. The van der Waals surface area contributed by atoms with Gasteiger partial charge in [0.2, 0.25) is 0 Å². The number of fused-ring (bicyclic) bond motifs is 1. The summed E-state index contributed by atoms with van der Waals surface area (Å²) in [6.07, 6.45) is 1.81. The van der Waals surface area contributed by atoms with Crippen LogP contribution in [-0.2, 0) is 0 Å². The number of hydrogen-bond acceptors (Lipinski definition) is 4. The van der Waals surface area contributed by atoms with Crippen LogP contribution in [-0.4, -0.2) is 47.7 Å². The molecule has 0 spiro atoms. The van der Waals surface area contributed by atoms with Crippen LogP contribution in [0, 0.1) is 0 Å². The fourth-order valence-corrected chi connectivity index (χ4v) is 3.95. The van der Waals surface area contributed by atoms with Crippen molar-refractivity contribution < 1.29 is 0 Å². The molecule has 1 saturated heterocycles. The Balaban J connectivity index is 1.65. The quantitative estimate of drug-likeness (QED) is 0.677. The Hall–Kier alpha value is -1.37. The van der Waals surface area contributed by atoms with Gasteiger partial charge in [-0.05, 0) is 30.4 Å². The first-order chi connectivity index (χ1) is 10.7. The van der Waals surface area contributed by atoms with Gasteiger partial charge in [-0.1, -0.05) is 29.0 Å². The van der Waals surface area contributed by atoms with Gasteiger partial charge < -0.3 is 15.1 Å². The zero-order valence-corrected chi connectivity index (χ0v) is 14.5. The molecular weight excluding hydrogens is 336 g/mol. The van der Waals surface area contributed by atoms with Crippen molar-refractivity contribution in [3.05, 3.63) is 35.9 Å². The van der Waals surface area contributed by atoms with Crippen LogP contribution in [0.5, 0.6) is 0 Å². The monoisotopic (exact) mass is 352 g/mol. The third-order valence-corrected chi connectivity index (χ3v) is 5.29. The lowest BCUT2D eigenvalue weighted by Crippen LogP contribution is -2.51. The number of aromatic nitrogens is 1. The summed E-state index contributed by atoms with van der Waals surface area (Å²) in [6.45, 7) is 8.04. The second kappa shape index (κ2) is 6.81. The normalized spacial score (nSPS) is 15.1. The predicted molar refractivity (Wildman–Crippen MR) is 99.2 cm³/mol. The fraction of sp³-hybridized carbons (Fsp3) is 0.333. The van der Waals surface area contributed by atoms with Crippen LogP contribution in [0.25, 0.3) is 10.2 Å². The van der Waals surface area contributed by atoms with Crippen molar-refractivity contribution in [2.24, 2.45) is 0 Å². The summed E-state index contributed by atoms with van der Waals surface area (Å²) in [5.41, 5.74) is 1.01. The zero-order valence-electron chi connectivity index (χ0n) is 12.1. The molecule has 1 fully saturated rings. The lowest BCUT2D eigenvalue weighted by molar-refractivity contribution is 0.381. The maximum absolute atomic E-state index is 6.04. The van der Waals surface area contributed by atoms with Gasteiger partial charge in [-0.25, -0.2) is 4.98 Å². The van der Waals surface area contributed by atoms with E-state index in [4.69, 9.17) is 28.8 Å².